The van der Waals surface area contributed by atoms with E-state index < -0.39 is 0 Å². The minimum absolute atomic E-state index is 0.187. The molecule has 1 atom stereocenters. The van der Waals surface area contributed by atoms with E-state index in [4.69, 9.17) is 14.2 Å². The third-order valence-corrected chi connectivity index (χ3v) is 4.53. The van der Waals surface area contributed by atoms with Crippen molar-refractivity contribution in [2.45, 2.75) is 25.9 Å². The lowest BCUT2D eigenvalue weighted by Crippen LogP contribution is -2.23. The van der Waals surface area contributed by atoms with Crippen LogP contribution >= 0.6 is 0 Å². The summed E-state index contributed by atoms with van der Waals surface area (Å²) in [5.74, 6) is 1.28. The molecule has 0 radical (unpaired) electrons. The predicted octanol–water partition coefficient (Wildman–Crippen LogP) is 2.82. The van der Waals surface area contributed by atoms with Crippen molar-refractivity contribution in [1.29, 1.82) is 0 Å². The lowest BCUT2D eigenvalue weighted by atomic mass is 10.0. The summed E-state index contributed by atoms with van der Waals surface area (Å²) in [4.78, 5) is 11.7. The standard InChI is InChI=1S/C19H24N2O4/c1-4-15(13-5-8-17-18(11-13)25-10-9-24-17)20-12-14-6-7-16(21(14)2)19(22)23-3/h5-8,11,15,20H,4,9-10,12H2,1-3H3. The fourth-order valence-electron chi connectivity index (χ4n) is 3.04. The van der Waals surface area contributed by atoms with Crippen molar-refractivity contribution < 1.29 is 19.0 Å². The predicted molar refractivity (Wildman–Crippen MR) is 94.1 cm³/mol. The Labute approximate surface area is 147 Å². The molecule has 0 bridgehead atoms. The number of carbonyl (C=O) groups excluding carboxylic acids is 1. The van der Waals surface area contributed by atoms with Gasteiger partial charge in [0.1, 0.15) is 18.9 Å². The molecule has 3 rings (SSSR count). The van der Waals surface area contributed by atoms with Gasteiger partial charge < -0.3 is 24.1 Å². The van der Waals surface area contributed by atoms with Gasteiger partial charge in [0.15, 0.2) is 11.5 Å². The molecule has 25 heavy (non-hydrogen) atoms. The smallest absolute Gasteiger partial charge is 0.354 e. The van der Waals surface area contributed by atoms with Crippen LogP contribution in [0.5, 0.6) is 11.5 Å². The van der Waals surface area contributed by atoms with Gasteiger partial charge in [0.2, 0.25) is 0 Å². The van der Waals surface area contributed by atoms with Crippen molar-refractivity contribution in [3.8, 4) is 11.5 Å². The van der Waals surface area contributed by atoms with E-state index in [0.29, 0.717) is 25.5 Å². The van der Waals surface area contributed by atoms with Crippen LogP contribution in [0.25, 0.3) is 0 Å². The van der Waals surface area contributed by atoms with Crippen LogP contribution in [0, 0.1) is 0 Å². The van der Waals surface area contributed by atoms with Crippen LogP contribution in [0.15, 0.2) is 30.3 Å². The Morgan fingerprint density at radius 2 is 2.00 bits per heavy atom. The summed E-state index contributed by atoms with van der Waals surface area (Å²) in [6, 6.07) is 9.99. The largest absolute Gasteiger partial charge is 0.486 e. The maximum Gasteiger partial charge on any atom is 0.354 e. The lowest BCUT2D eigenvalue weighted by molar-refractivity contribution is 0.0589. The van der Waals surface area contributed by atoms with Gasteiger partial charge in [-0.2, -0.15) is 0 Å². The van der Waals surface area contributed by atoms with Gasteiger partial charge in [-0.3, -0.25) is 0 Å². The second-order valence-corrected chi connectivity index (χ2v) is 6.01. The molecule has 0 amide bonds. The van der Waals surface area contributed by atoms with Crippen LogP contribution in [0.3, 0.4) is 0 Å². The summed E-state index contributed by atoms with van der Waals surface area (Å²) in [5.41, 5.74) is 2.73. The van der Waals surface area contributed by atoms with E-state index in [9.17, 15) is 4.79 Å². The van der Waals surface area contributed by atoms with Crippen molar-refractivity contribution in [1.82, 2.24) is 9.88 Å². The van der Waals surface area contributed by atoms with E-state index >= 15 is 0 Å². The number of fused-ring (bicyclic) bond motifs is 1. The molecule has 1 aliphatic rings. The SMILES string of the molecule is CCC(NCc1ccc(C(=O)OC)n1C)c1ccc2c(c1)OCCO2. The minimum Gasteiger partial charge on any atom is -0.486 e. The number of methoxy groups -OCH3 is 1. The van der Waals surface area contributed by atoms with E-state index in [-0.39, 0.29) is 12.0 Å². The Bertz CT molecular complexity index is 754. The Morgan fingerprint density at radius 1 is 1.24 bits per heavy atom. The molecule has 2 aromatic rings. The van der Waals surface area contributed by atoms with Gasteiger partial charge >= 0.3 is 5.97 Å². The molecule has 6 nitrogen and oxygen atoms in total. The van der Waals surface area contributed by atoms with Crippen LogP contribution < -0.4 is 14.8 Å². The first kappa shape index (κ1) is 17.4. The second kappa shape index (κ2) is 7.61. The number of nitrogens with zero attached hydrogens (tertiary/aromatic N) is 1. The highest BCUT2D eigenvalue weighted by atomic mass is 16.6. The average molecular weight is 344 g/mol. The molecule has 0 saturated heterocycles. The number of carbonyl (C=O) groups is 1. The molecule has 134 valence electrons. The number of ether oxygens (including phenoxy) is 3. The monoisotopic (exact) mass is 344 g/mol. The van der Waals surface area contributed by atoms with Crippen molar-refractivity contribution in [3.05, 3.63) is 47.3 Å². The molecular formula is C19H24N2O4. The highest BCUT2D eigenvalue weighted by Gasteiger charge is 2.17. The molecule has 1 aromatic carbocycles. The van der Waals surface area contributed by atoms with Crippen molar-refractivity contribution >= 4 is 5.97 Å². The number of hydrogen-bond acceptors (Lipinski definition) is 5. The Morgan fingerprint density at radius 3 is 2.72 bits per heavy atom. The zero-order valence-corrected chi connectivity index (χ0v) is 14.9. The third kappa shape index (κ3) is 3.64. The lowest BCUT2D eigenvalue weighted by Gasteiger charge is -2.22. The molecule has 2 heterocycles. The van der Waals surface area contributed by atoms with Crippen LogP contribution in [0.1, 0.15) is 41.1 Å². The first-order chi connectivity index (χ1) is 12.1. The third-order valence-electron chi connectivity index (χ3n) is 4.53. The molecule has 0 spiro atoms. The maximum atomic E-state index is 11.7. The molecule has 1 unspecified atom stereocenters. The average Bonchev–Trinajstić information content (AvgIpc) is 3.02. The van der Waals surface area contributed by atoms with E-state index in [1.54, 1.807) is 6.07 Å². The second-order valence-electron chi connectivity index (χ2n) is 6.01. The van der Waals surface area contributed by atoms with Gasteiger partial charge in [0, 0.05) is 25.3 Å². The fraction of sp³-hybridized carbons (Fsp3) is 0.421. The van der Waals surface area contributed by atoms with E-state index in [0.717, 1.165) is 29.2 Å². The van der Waals surface area contributed by atoms with Gasteiger partial charge in [0.25, 0.3) is 0 Å². The van der Waals surface area contributed by atoms with Gasteiger partial charge in [-0.25, -0.2) is 4.79 Å². The fourth-order valence-corrected chi connectivity index (χ4v) is 3.04. The van der Waals surface area contributed by atoms with Crippen molar-refractivity contribution in [3.63, 3.8) is 0 Å². The molecule has 0 fully saturated rings. The number of esters is 1. The molecule has 0 aliphatic carbocycles. The minimum atomic E-state index is -0.326. The highest BCUT2D eigenvalue weighted by molar-refractivity contribution is 5.87. The molecule has 1 N–H and O–H groups in total. The first-order valence-corrected chi connectivity index (χ1v) is 8.50. The van der Waals surface area contributed by atoms with Gasteiger partial charge in [-0.15, -0.1) is 0 Å². The summed E-state index contributed by atoms with van der Waals surface area (Å²) in [6.07, 6.45) is 0.938. The van der Waals surface area contributed by atoms with Crippen LogP contribution in [-0.2, 0) is 18.3 Å². The van der Waals surface area contributed by atoms with Crippen LogP contribution in [-0.4, -0.2) is 30.9 Å². The Hall–Kier alpha value is -2.47. The van der Waals surface area contributed by atoms with Crippen LogP contribution in [0.2, 0.25) is 0 Å². The summed E-state index contributed by atoms with van der Waals surface area (Å²) in [5, 5.41) is 3.55. The zero-order chi connectivity index (χ0) is 17.8. The summed E-state index contributed by atoms with van der Waals surface area (Å²) in [7, 11) is 3.26. The molecule has 0 saturated carbocycles. The Kier molecular flexibility index (Phi) is 5.28. The topological polar surface area (TPSA) is 61.7 Å². The number of hydrogen-bond donors (Lipinski definition) is 1. The molecule has 6 heteroatoms. The van der Waals surface area contributed by atoms with E-state index in [1.165, 1.54) is 7.11 Å². The highest BCUT2D eigenvalue weighted by Crippen LogP contribution is 2.33. The summed E-state index contributed by atoms with van der Waals surface area (Å²) >= 11 is 0. The van der Waals surface area contributed by atoms with E-state index in [1.807, 2.05) is 29.8 Å². The van der Waals surface area contributed by atoms with Gasteiger partial charge in [-0.1, -0.05) is 13.0 Å². The van der Waals surface area contributed by atoms with Gasteiger partial charge in [-0.05, 0) is 36.2 Å². The zero-order valence-electron chi connectivity index (χ0n) is 14.9. The Balaban J connectivity index is 1.71. The summed E-state index contributed by atoms with van der Waals surface area (Å²) < 4.78 is 17.9. The number of nitrogens with one attached hydrogen (secondary N) is 1. The summed E-state index contributed by atoms with van der Waals surface area (Å²) in [6.45, 7) is 3.97. The maximum absolute atomic E-state index is 11.7. The number of benzene rings is 1. The number of aromatic nitrogens is 1. The molecule has 1 aromatic heterocycles. The molecular weight excluding hydrogens is 320 g/mol. The molecule has 1 aliphatic heterocycles. The number of rotatable bonds is 6. The van der Waals surface area contributed by atoms with E-state index in [2.05, 4.69) is 18.3 Å². The van der Waals surface area contributed by atoms with Crippen molar-refractivity contribution in [2.24, 2.45) is 7.05 Å². The van der Waals surface area contributed by atoms with Gasteiger partial charge in [0.05, 0.1) is 7.11 Å². The normalized spacial score (nSPS) is 14.2. The quantitative estimate of drug-likeness (QED) is 0.817. The first-order valence-electron chi connectivity index (χ1n) is 8.50. The van der Waals surface area contributed by atoms with Crippen LogP contribution in [0.4, 0.5) is 0 Å². The van der Waals surface area contributed by atoms with Crippen molar-refractivity contribution in [2.75, 3.05) is 20.3 Å².